The fraction of sp³-hybridized carbons (Fsp3) is 0.364. The lowest BCUT2D eigenvalue weighted by Gasteiger charge is -2.23. The Morgan fingerprint density at radius 2 is 1.94 bits per heavy atom. The number of rotatable bonds is 3. The van der Waals surface area contributed by atoms with Crippen molar-refractivity contribution >= 4 is 31.5 Å². The van der Waals surface area contributed by atoms with Crippen LogP contribution in [0.4, 0.5) is 4.39 Å². The van der Waals surface area contributed by atoms with Crippen LogP contribution in [-0.4, -0.2) is 8.32 Å². The van der Waals surface area contributed by atoms with E-state index in [1.54, 1.807) is 0 Å². The number of nitrogens with zero attached hydrogens (tertiary/aromatic N) is 1. The molecular formula is C11H12Cl2FNOSi. The van der Waals surface area contributed by atoms with Gasteiger partial charge in [-0.25, -0.2) is 4.39 Å². The van der Waals surface area contributed by atoms with E-state index in [0.717, 1.165) is 6.07 Å². The van der Waals surface area contributed by atoms with Gasteiger partial charge in [0.2, 0.25) is 0 Å². The van der Waals surface area contributed by atoms with Gasteiger partial charge in [-0.2, -0.15) is 5.26 Å². The Bertz CT molecular complexity index is 468. The van der Waals surface area contributed by atoms with Crippen molar-refractivity contribution in [2.75, 3.05) is 0 Å². The molecule has 0 aliphatic heterocycles. The van der Waals surface area contributed by atoms with Crippen molar-refractivity contribution in [1.82, 2.24) is 0 Å². The molecule has 0 bridgehead atoms. The second-order valence-electron chi connectivity index (χ2n) is 4.50. The molecular weight excluding hydrogens is 280 g/mol. The largest absolute Gasteiger partial charge is 0.399 e. The van der Waals surface area contributed by atoms with Crippen LogP contribution in [0.2, 0.25) is 29.7 Å². The maximum absolute atomic E-state index is 13.3. The molecule has 1 aromatic rings. The summed E-state index contributed by atoms with van der Waals surface area (Å²) in [7, 11) is -1.95. The van der Waals surface area contributed by atoms with E-state index in [1.807, 2.05) is 25.7 Å². The summed E-state index contributed by atoms with van der Waals surface area (Å²) in [5, 5.41) is 9.18. The Balaban J connectivity index is 3.22. The molecule has 2 nitrogen and oxygen atoms in total. The lowest BCUT2D eigenvalue weighted by molar-refractivity contribution is 0.254. The van der Waals surface area contributed by atoms with Crippen LogP contribution in [0.1, 0.15) is 11.7 Å². The van der Waals surface area contributed by atoms with Gasteiger partial charge in [-0.1, -0.05) is 23.2 Å². The first-order chi connectivity index (χ1) is 7.76. The van der Waals surface area contributed by atoms with Gasteiger partial charge in [-0.15, -0.1) is 0 Å². The van der Waals surface area contributed by atoms with Gasteiger partial charge < -0.3 is 4.43 Å². The highest BCUT2D eigenvalue weighted by atomic mass is 35.5. The van der Waals surface area contributed by atoms with Gasteiger partial charge in [0.15, 0.2) is 14.4 Å². The molecule has 0 amide bonds. The van der Waals surface area contributed by atoms with Crippen LogP contribution in [0.15, 0.2) is 12.1 Å². The SMILES string of the molecule is C[Si](C)(C)OC(C#N)c1c(Cl)ccc(F)c1Cl. The standard InChI is InChI=1S/C11H12Cl2FNOSi/c1-17(2,3)16-9(6-15)10-7(12)4-5-8(14)11(10)13/h4-5,9H,1-3H3. The normalized spacial score (nSPS) is 13.2. The molecule has 6 heteroatoms. The molecule has 0 spiro atoms. The summed E-state index contributed by atoms with van der Waals surface area (Å²) in [5.74, 6) is -0.606. The minimum Gasteiger partial charge on any atom is -0.399 e. The van der Waals surface area contributed by atoms with Crippen LogP contribution in [0.25, 0.3) is 0 Å². The maximum atomic E-state index is 13.3. The first kappa shape index (κ1) is 14.5. The highest BCUT2D eigenvalue weighted by Crippen LogP contribution is 2.35. The van der Waals surface area contributed by atoms with Gasteiger partial charge in [0.1, 0.15) is 5.82 Å². The van der Waals surface area contributed by atoms with E-state index < -0.39 is 20.2 Å². The third-order valence-corrected chi connectivity index (χ3v) is 3.59. The van der Waals surface area contributed by atoms with Crippen molar-refractivity contribution in [3.63, 3.8) is 0 Å². The summed E-state index contributed by atoms with van der Waals surface area (Å²) in [6, 6.07) is 4.50. The van der Waals surface area contributed by atoms with Crippen LogP contribution in [0.5, 0.6) is 0 Å². The summed E-state index contributed by atoms with van der Waals surface area (Å²) in [4.78, 5) is 0. The molecule has 0 aliphatic rings. The monoisotopic (exact) mass is 291 g/mol. The van der Waals surface area contributed by atoms with E-state index in [4.69, 9.17) is 32.9 Å². The molecule has 1 unspecified atom stereocenters. The summed E-state index contributed by atoms with van der Waals surface area (Å²) < 4.78 is 19.0. The predicted octanol–water partition coefficient (Wildman–Crippen LogP) is 4.55. The summed E-state index contributed by atoms with van der Waals surface area (Å²) >= 11 is 11.8. The average molecular weight is 292 g/mol. The fourth-order valence-electron chi connectivity index (χ4n) is 1.29. The van der Waals surface area contributed by atoms with Crippen molar-refractivity contribution in [2.45, 2.75) is 25.7 Å². The van der Waals surface area contributed by atoms with Crippen molar-refractivity contribution in [2.24, 2.45) is 0 Å². The molecule has 0 aromatic heterocycles. The molecule has 0 radical (unpaired) electrons. The van der Waals surface area contributed by atoms with Gasteiger partial charge in [0.25, 0.3) is 0 Å². The van der Waals surface area contributed by atoms with Crippen LogP contribution >= 0.6 is 23.2 Å². The number of nitriles is 1. The van der Waals surface area contributed by atoms with Gasteiger partial charge in [-0.3, -0.25) is 0 Å². The zero-order valence-electron chi connectivity index (χ0n) is 9.72. The fourth-order valence-corrected chi connectivity index (χ4v) is 2.73. The molecule has 0 saturated carbocycles. The Labute approximate surface area is 111 Å². The van der Waals surface area contributed by atoms with Crippen molar-refractivity contribution in [3.05, 3.63) is 33.6 Å². The summed E-state index contributed by atoms with van der Waals surface area (Å²) in [5.41, 5.74) is 0.207. The second kappa shape index (κ2) is 5.36. The highest BCUT2D eigenvalue weighted by Gasteiger charge is 2.26. The van der Waals surface area contributed by atoms with Crippen molar-refractivity contribution < 1.29 is 8.82 Å². The average Bonchev–Trinajstić information content (AvgIpc) is 2.21. The molecule has 0 N–H and O–H groups in total. The smallest absolute Gasteiger partial charge is 0.186 e. The number of hydrogen-bond acceptors (Lipinski definition) is 2. The minimum absolute atomic E-state index is 0.151. The molecule has 0 fully saturated rings. The number of benzene rings is 1. The van der Waals surface area contributed by atoms with Gasteiger partial charge in [0, 0.05) is 10.6 Å². The zero-order valence-corrected chi connectivity index (χ0v) is 12.2. The van der Waals surface area contributed by atoms with E-state index >= 15 is 0 Å². The maximum Gasteiger partial charge on any atom is 0.186 e. The first-order valence-electron chi connectivity index (χ1n) is 4.97. The summed E-state index contributed by atoms with van der Waals surface area (Å²) in [6.45, 7) is 5.79. The Morgan fingerprint density at radius 1 is 1.35 bits per heavy atom. The third kappa shape index (κ3) is 3.68. The minimum atomic E-state index is -1.95. The van der Waals surface area contributed by atoms with Crippen LogP contribution in [0, 0.1) is 17.1 Å². The van der Waals surface area contributed by atoms with Crippen LogP contribution < -0.4 is 0 Å². The molecule has 1 rings (SSSR count). The van der Waals surface area contributed by atoms with Crippen LogP contribution in [0.3, 0.4) is 0 Å². The molecule has 0 heterocycles. The second-order valence-corrected chi connectivity index (χ2v) is 9.74. The molecule has 17 heavy (non-hydrogen) atoms. The highest BCUT2D eigenvalue weighted by molar-refractivity contribution is 6.69. The van der Waals surface area contributed by atoms with E-state index in [0.29, 0.717) is 0 Å². The quantitative estimate of drug-likeness (QED) is 0.605. The Hall–Kier alpha value is -0.603. The summed E-state index contributed by atoms with van der Waals surface area (Å²) in [6.07, 6.45) is -0.933. The Kier molecular flexibility index (Phi) is 4.56. The van der Waals surface area contributed by atoms with E-state index in [9.17, 15) is 4.39 Å². The number of halogens is 3. The van der Waals surface area contributed by atoms with Crippen molar-refractivity contribution in [1.29, 1.82) is 5.26 Å². The molecule has 1 atom stereocenters. The number of hydrogen-bond donors (Lipinski definition) is 0. The van der Waals surface area contributed by atoms with Gasteiger partial charge >= 0.3 is 0 Å². The zero-order chi connectivity index (χ0) is 13.2. The predicted molar refractivity (Wildman–Crippen MR) is 69.2 cm³/mol. The molecule has 0 aliphatic carbocycles. The van der Waals surface area contributed by atoms with Gasteiger partial charge in [0.05, 0.1) is 11.1 Å². The third-order valence-electron chi connectivity index (χ3n) is 1.93. The topological polar surface area (TPSA) is 33.0 Å². The molecule has 1 aromatic carbocycles. The van der Waals surface area contributed by atoms with E-state index in [2.05, 4.69) is 0 Å². The van der Waals surface area contributed by atoms with Gasteiger partial charge in [-0.05, 0) is 31.8 Å². The van der Waals surface area contributed by atoms with Crippen molar-refractivity contribution in [3.8, 4) is 6.07 Å². The van der Waals surface area contributed by atoms with Crippen LogP contribution in [-0.2, 0) is 4.43 Å². The van der Waals surface area contributed by atoms with E-state index in [1.165, 1.54) is 6.07 Å². The first-order valence-corrected chi connectivity index (χ1v) is 9.13. The lowest BCUT2D eigenvalue weighted by atomic mass is 10.1. The van der Waals surface area contributed by atoms with E-state index in [-0.39, 0.29) is 15.6 Å². The molecule has 0 saturated heterocycles. The Morgan fingerprint density at radius 3 is 2.41 bits per heavy atom. The lowest BCUT2D eigenvalue weighted by Crippen LogP contribution is -2.27. The molecule has 92 valence electrons.